The highest BCUT2D eigenvalue weighted by Gasteiger charge is 2.45. The second-order valence-electron chi connectivity index (χ2n) is 9.87. The summed E-state index contributed by atoms with van der Waals surface area (Å²) in [4.78, 5) is 18.9. The predicted octanol–water partition coefficient (Wildman–Crippen LogP) is 4.39. The van der Waals surface area contributed by atoms with Crippen molar-refractivity contribution in [2.75, 3.05) is 51.4 Å². The Hall–Kier alpha value is -1.84. The number of thioether (sulfide) groups is 1. The third-order valence-corrected chi connectivity index (χ3v) is 8.48. The Kier molecular flexibility index (Phi) is 7.52. The summed E-state index contributed by atoms with van der Waals surface area (Å²) in [5.74, 6) is 0.911. The lowest BCUT2D eigenvalue weighted by Crippen LogP contribution is -2.38. The number of hydrogen-bond acceptors (Lipinski definition) is 8. The molecule has 0 saturated heterocycles. The lowest BCUT2D eigenvalue weighted by molar-refractivity contribution is -0.0730. The Labute approximate surface area is 227 Å². The quantitative estimate of drug-likeness (QED) is 0.440. The molecular formula is C26H32Cl2N6OS. The highest BCUT2D eigenvalue weighted by Crippen LogP contribution is 2.48. The van der Waals surface area contributed by atoms with E-state index in [1.165, 1.54) is 11.1 Å². The third-order valence-electron chi connectivity index (χ3n) is 7.12. The summed E-state index contributed by atoms with van der Waals surface area (Å²) in [5.41, 5.74) is 11.9. The van der Waals surface area contributed by atoms with Crippen LogP contribution in [-0.2, 0) is 29.8 Å². The molecule has 36 heavy (non-hydrogen) atoms. The summed E-state index contributed by atoms with van der Waals surface area (Å²) in [5, 5.41) is 2.13. The van der Waals surface area contributed by atoms with E-state index in [1.54, 1.807) is 11.8 Å². The highest BCUT2D eigenvalue weighted by atomic mass is 35.5. The Morgan fingerprint density at radius 2 is 2.11 bits per heavy atom. The van der Waals surface area contributed by atoms with Crippen LogP contribution in [0.5, 0.6) is 0 Å². The van der Waals surface area contributed by atoms with Crippen LogP contribution >= 0.6 is 35.0 Å². The second kappa shape index (κ2) is 10.5. The van der Waals surface area contributed by atoms with Crippen LogP contribution in [0.3, 0.4) is 0 Å². The molecule has 0 unspecified atom stereocenters. The number of anilines is 1. The summed E-state index contributed by atoms with van der Waals surface area (Å²) < 4.78 is 6.66. The molecule has 1 atom stereocenters. The Morgan fingerprint density at radius 3 is 2.89 bits per heavy atom. The first-order valence-electron chi connectivity index (χ1n) is 12.2. The zero-order valence-corrected chi connectivity index (χ0v) is 23.3. The van der Waals surface area contributed by atoms with Crippen molar-refractivity contribution in [3.63, 3.8) is 0 Å². The van der Waals surface area contributed by atoms with E-state index in [1.807, 2.05) is 37.4 Å². The molecule has 0 saturated carbocycles. The zero-order chi connectivity index (χ0) is 25.4. The van der Waals surface area contributed by atoms with Gasteiger partial charge in [0.2, 0.25) is 0 Å². The van der Waals surface area contributed by atoms with E-state index in [2.05, 4.69) is 11.0 Å². The molecule has 3 aliphatic rings. The first kappa shape index (κ1) is 25.8. The van der Waals surface area contributed by atoms with Gasteiger partial charge in [-0.3, -0.25) is 4.99 Å². The van der Waals surface area contributed by atoms with Gasteiger partial charge in [0.25, 0.3) is 0 Å². The van der Waals surface area contributed by atoms with Crippen molar-refractivity contribution >= 4 is 46.5 Å². The SMILES string of the molecule is CSc1nc2c(c(N3CCCN=C(C(Cl)=C(N)CN(C)C)C3)n1)CO[C@@]1(CCc3c(Cl)cccc31)C2. The highest BCUT2D eigenvalue weighted by molar-refractivity contribution is 7.98. The van der Waals surface area contributed by atoms with Crippen molar-refractivity contribution in [3.05, 3.63) is 56.3 Å². The topological polar surface area (TPSA) is 79.9 Å². The van der Waals surface area contributed by atoms with E-state index in [9.17, 15) is 0 Å². The van der Waals surface area contributed by atoms with E-state index < -0.39 is 0 Å². The van der Waals surface area contributed by atoms with Crippen molar-refractivity contribution in [1.82, 2.24) is 14.9 Å². The van der Waals surface area contributed by atoms with Crippen LogP contribution in [0.2, 0.25) is 5.02 Å². The molecular weight excluding hydrogens is 515 g/mol. The van der Waals surface area contributed by atoms with Crippen LogP contribution in [0, 0.1) is 0 Å². The Morgan fingerprint density at radius 1 is 1.28 bits per heavy atom. The van der Waals surface area contributed by atoms with Crippen LogP contribution < -0.4 is 10.6 Å². The zero-order valence-electron chi connectivity index (χ0n) is 21.0. The van der Waals surface area contributed by atoms with Gasteiger partial charge in [0.1, 0.15) is 5.82 Å². The second-order valence-corrected chi connectivity index (χ2v) is 11.4. The summed E-state index contributed by atoms with van der Waals surface area (Å²) in [6.45, 7) is 3.12. The number of aromatic nitrogens is 2. The number of halogens is 2. The molecule has 5 rings (SSSR count). The fourth-order valence-corrected chi connectivity index (χ4v) is 6.24. The van der Waals surface area contributed by atoms with Gasteiger partial charge >= 0.3 is 0 Å². The number of likely N-dealkylation sites (N-methyl/N-ethyl adjacent to an activating group) is 1. The minimum Gasteiger partial charge on any atom is -0.400 e. The van der Waals surface area contributed by atoms with E-state index in [4.69, 9.17) is 48.6 Å². The molecule has 0 fully saturated rings. The summed E-state index contributed by atoms with van der Waals surface area (Å²) in [6.07, 6.45) is 5.46. The van der Waals surface area contributed by atoms with Crippen LogP contribution in [0.4, 0.5) is 5.82 Å². The molecule has 3 heterocycles. The van der Waals surface area contributed by atoms with Crippen LogP contribution in [0.15, 0.2) is 39.1 Å². The van der Waals surface area contributed by atoms with Gasteiger partial charge < -0.3 is 20.3 Å². The number of nitrogens with zero attached hydrogens (tertiary/aromatic N) is 5. The van der Waals surface area contributed by atoms with Crippen LogP contribution in [0.1, 0.15) is 35.2 Å². The van der Waals surface area contributed by atoms with Gasteiger partial charge in [-0.15, -0.1) is 0 Å². The molecule has 1 spiro atoms. The summed E-state index contributed by atoms with van der Waals surface area (Å²) in [6, 6.07) is 6.13. The molecule has 0 amide bonds. The van der Waals surface area contributed by atoms with Crippen LogP contribution in [-0.4, -0.2) is 67.1 Å². The van der Waals surface area contributed by atoms with Crippen LogP contribution in [0.25, 0.3) is 0 Å². The number of aliphatic imine (C=N–C) groups is 1. The third kappa shape index (κ3) is 4.86. The molecule has 192 valence electrons. The van der Waals surface area contributed by atoms with Gasteiger partial charge in [0.15, 0.2) is 5.16 Å². The number of hydrogen-bond donors (Lipinski definition) is 1. The molecule has 2 aliphatic heterocycles. The Balaban J connectivity index is 1.49. The van der Waals surface area contributed by atoms with E-state index in [-0.39, 0.29) is 5.60 Å². The molecule has 0 radical (unpaired) electrons. The van der Waals surface area contributed by atoms with Gasteiger partial charge in [-0.05, 0) is 56.8 Å². The standard InChI is InChI=1S/C26H32Cl2N6OS/c1-33(2)13-20(29)23(28)22-14-34(11-5-10-30-22)24-17-15-35-26(12-21(17)31-25(32-24)36-3)9-8-16-18(26)6-4-7-19(16)27/h4,6-7H,5,8-15,29H2,1-3H3/t26-/m0/s1. The first-order chi connectivity index (χ1) is 17.3. The number of ether oxygens (including phenoxy) is 1. The van der Waals surface area contributed by atoms with Gasteiger partial charge in [0.05, 0.1) is 35.2 Å². The largest absolute Gasteiger partial charge is 0.400 e. The number of benzene rings is 1. The molecule has 1 aromatic heterocycles. The number of rotatable bonds is 5. The van der Waals surface area contributed by atoms with E-state index in [0.29, 0.717) is 43.4 Å². The van der Waals surface area contributed by atoms with Crippen molar-refractivity contribution in [2.45, 2.75) is 43.0 Å². The maximum absolute atomic E-state index is 6.72. The molecule has 1 aromatic carbocycles. The fourth-order valence-electron chi connectivity index (χ4n) is 5.41. The summed E-state index contributed by atoms with van der Waals surface area (Å²) in [7, 11) is 3.94. The molecule has 0 bridgehead atoms. The number of fused-ring (bicyclic) bond motifs is 3. The average molecular weight is 548 g/mol. The maximum Gasteiger partial charge on any atom is 0.189 e. The maximum atomic E-state index is 6.72. The van der Waals surface area contributed by atoms with Crippen molar-refractivity contribution in [1.29, 1.82) is 0 Å². The molecule has 10 heteroatoms. The molecule has 2 aromatic rings. The van der Waals surface area contributed by atoms with Crippen molar-refractivity contribution in [2.24, 2.45) is 10.7 Å². The van der Waals surface area contributed by atoms with Gasteiger partial charge in [0, 0.05) is 42.3 Å². The lowest BCUT2D eigenvalue weighted by Gasteiger charge is -2.37. The first-order valence-corrected chi connectivity index (χ1v) is 14.2. The van der Waals surface area contributed by atoms with Gasteiger partial charge in [-0.1, -0.05) is 47.1 Å². The predicted molar refractivity (Wildman–Crippen MR) is 149 cm³/mol. The lowest BCUT2D eigenvalue weighted by atomic mass is 9.87. The fraction of sp³-hybridized carbons (Fsp3) is 0.500. The van der Waals surface area contributed by atoms with Gasteiger partial charge in [-0.25, -0.2) is 9.97 Å². The number of nitrogens with two attached hydrogens (primary N) is 1. The minimum absolute atomic E-state index is 0.382. The van der Waals surface area contributed by atoms with E-state index >= 15 is 0 Å². The van der Waals surface area contributed by atoms with Crippen molar-refractivity contribution < 1.29 is 4.74 Å². The van der Waals surface area contributed by atoms with E-state index in [0.717, 1.165) is 58.8 Å². The smallest absolute Gasteiger partial charge is 0.189 e. The molecule has 1 aliphatic carbocycles. The summed E-state index contributed by atoms with van der Waals surface area (Å²) >= 11 is 14.8. The van der Waals surface area contributed by atoms with Gasteiger partial charge in [-0.2, -0.15) is 0 Å². The monoisotopic (exact) mass is 546 g/mol. The Bertz CT molecular complexity index is 1230. The molecule has 2 N–H and O–H groups in total. The van der Waals surface area contributed by atoms with Crippen molar-refractivity contribution in [3.8, 4) is 0 Å². The minimum atomic E-state index is -0.382. The normalized spacial score (nSPS) is 22.3. The average Bonchev–Trinajstić information content (AvgIpc) is 3.04. The molecule has 7 nitrogen and oxygen atoms in total.